The SMILES string of the molecule is CCCCc1cc(=O)oc2c(C)c(O[C@H](C)c3ccccc3)ccc12. The van der Waals surface area contributed by atoms with Crippen molar-refractivity contribution in [3.05, 3.63) is 75.6 Å². The quantitative estimate of drug-likeness (QED) is 0.551. The molecule has 0 saturated heterocycles. The van der Waals surface area contributed by atoms with E-state index in [2.05, 4.69) is 6.92 Å². The lowest BCUT2D eigenvalue weighted by Crippen LogP contribution is -2.06. The Morgan fingerprint density at radius 3 is 2.60 bits per heavy atom. The van der Waals surface area contributed by atoms with E-state index >= 15 is 0 Å². The molecule has 0 N–H and O–H groups in total. The van der Waals surface area contributed by atoms with Crippen LogP contribution in [-0.2, 0) is 6.42 Å². The van der Waals surface area contributed by atoms with Gasteiger partial charge >= 0.3 is 5.63 Å². The second kappa shape index (κ2) is 7.56. The number of hydrogen-bond donors (Lipinski definition) is 0. The van der Waals surface area contributed by atoms with Gasteiger partial charge in [0, 0.05) is 17.0 Å². The van der Waals surface area contributed by atoms with Gasteiger partial charge in [0.05, 0.1) is 0 Å². The molecular formula is C22H24O3. The fourth-order valence-electron chi connectivity index (χ4n) is 3.09. The highest BCUT2D eigenvalue weighted by molar-refractivity contribution is 5.85. The molecule has 1 heterocycles. The van der Waals surface area contributed by atoms with E-state index in [1.165, 1.54) is 0 Å². The monoisotopic (exact) mass is 336 g/mol. The minimum atomic E-state index is -0.296. The lowest BCUT2D eigenvalue weighted by molar-refractivity contribution is 0.225. The van der Waals surface area contributed by atoms with Crippen LogP contribution in [-0.4, -0.2) is 0 Å². The van der Waals surface area contributed by atoms with Crippen LogP contribution in [0.3, 0.4) is 0 Å². The molecule has 3 rings (SSSR count). The molecule has 130 valence electrons. The van der Waals surface area contributed by atoms with Gasteiger partial charge in [-0.1, -0.05) is 43.7 Å². The summed E-state index contributed by atoms with van der Waals surface area (Å²) >= 11 is 0. The number of fused-ring (bicyclic) bond motifs is 1. The largest absolute Gasteiger partial charge is 0.486 e. The topological polar surface area (TPSA) is 39.4 Å². The van der Waals surface area contributed by atoms with Gasteiger partial charge in [0.15, 0.2) is 0 Å². The van der Waals surface area contributed by atoms with E-state index in [4.69, 9.17) is 9.15 Å². The van der Waals surface area contributed by atoms with E-state index in [1.807, 2.05) is 56.3 Å². The maximum Gasteiger partial charge on any atom is 0.336 e. The summed E-state index contributed by atoms with van der Waals surface area (Å²) in [7, 11) is 0. The van der Waals surface area contributed by atoms with Crippen LogP contribution in [0.25, 0.3) is 11.0 Å². The van der Waals surface area contributed by atoms with Crippen molar-refractivity contribution in [2.45, 2.75) is 46.1 Å². The molecule has 0 bridgehead atoms. The van der Waals surface area contributed by atoms with Crippen LogP contribution < -0.4 is 10.4 Å². The Kier molecular flexibility index (Phi) is 5.22. The number of aryl methyl sites for hydroxylation is 2. The van der Waals surface area contributed by atoms with Crippen molar-refractivity contribution in [2.24, 2.45) is 0 Å². The smallest absolute Gasteiger partial charge is 0.336 e. The number of unbranched alkanes of at least 4 members (excludes halogenated alkanes) is 1. The van der Waals surface area contributed by atoms with Gasteiger partial charge in [0.1, 0.15) is 17.4 Å². The predicted octanol–water partition coefficient (Wildman–Crippen LogP) is 5.58. The van der Waals surface area contributed by atoms with Gasteiger partial charge in [0.2, 0.25) is 0 Å². The molecule has 3 heteroatoms. The normalized spacial score (nSPS) is 12.3. The van der Waals surface area contributed by atoms with E-state index in [0.29, 0.717) is 5.58 Å². The first-order valence-electron chi connectivity index (χ1n) is 8.88. The molecular weight excluding hydrogens is 312 g/mol. The molecule has 0 aliphatic rings. The van der Waals surface area contributed by atoms with Crippen LogP contribution in [0.15, 0.2) is 57.7 Å². The molecule has 0 amide bonds. The van der Waals surface area contributed by atoms with E-state index in [1.54, 1.807) is 6.07 Å². The van der Waals surface area contributed by atoms with Gasteiger partial charge in [0.25, 0.3) is 0 Å². The van der Waals surface area contributed by atoms with Crippen LogP contribution in [0.5, 0.6) is 5.75 Å². The van der Waals surface area contributed by atoms with E-state index in [9.17, 15) is 4.79 Å². The Bertz CT molecular complexity index is 910. The number of benzene rings is 2. The number of hydrogen-bond acceptors (Lipinski definition) is 3. The van der Waals surface area contributed by atoms with Crippen molar-refractivity contribution in [2.75, 3.05) is 0 Å². The van der Waals surface area contributed by atoms with E-state index in [-0.39, 0.29) is 11.7 Å². The molecule has 0 aliphatic carbocycles. The molecule has 1 atom stereocenters. The maximum atomic E-state index is 12.0. The first kappa shape index (κ1) is 17.3. The minimum absolute atomic E-state index is 0.0765. The van der Waals surface area contributed by atoms with Crippen molar-refractivity contribution >= 4 is 11.0 Å². The summed E-state index contributed by atoms with van der Waals surface area (Å²) in [4.78, 5) is 12.0. The van der Waals surface area contributed by atoms with Crippen molar-refractivity contribution in [3.63, 3.8) is 0 Å². The minimum Gasteiger partial charge on any atom is -0.486 e. The predicted molar refractivity (Wildman–Crippen MR) is 101 cm³/mol. The molecule has 0 spiro atoms. The lowest BCUT2D eigenvalue weighted by Gasteiger charge is -2.18. The highest BCUT2D eigenvalue weighted by Gasteiger charge is 2.14. The summed E-state index contributed by atoms with van der Waals surface area (Å²) in [6.07, 6.45) is 2.96. The molecule has 0 fully saturated rings. The number of ether oxygens (including phenoxy) is 1. The van der Waals surface area contributed by atoms with Crippen LogP contribution >= 0.6 is 0 Å². The summed E-state index contributed by atoms with van der Waals surface area (Å²) in [6, 6.07) is 15.7. The molecule has 0 radical (unpaired) electrons. The van der Waals surface area contributed by atoms with Gasteiger partial charge in [-0.2, -0.15) is 0 Å². The third-order valence-electron chi connectivity index (χ3n) is 4.57. The summed E-state index contributed by atoms with van der Waals surface area (Å²) in [6.45, 7) is 6.12. The average Bonchev–Trinajstić information content (AvgIpc) is 2.63. The molecule has 3 aromatic rings. The van der Waals surface area contributed by atoms with Gasteiger partial charge in [-0.15, -0.1) is 0 Å². The summed E-state index contributed by atoms with van der Waals surface area (Å²) in [5.74, 6) is 0.750. The standard InChI is InChI=1S/C22H24O3/c1-4-5-9-18-14-21(23)25-22-15(2)20(13-12-19(18)22)24-16(3)17-10-7-6-8-11-17/h6-8,10-14,16H,4-5,9H2,1-3H3/t16-/m1/s1. The Morgan fingerprint density at radius 1 is 1.12 bits per heavy atom. The van der Waals surface area contributed by atoms with Crippen molar-refractivity contribution in [1.29, 1.82) is 0 Å². The van der Waals surface area contributed by atoms with Gasteiger partial charge in [-0.3, -0.25) is 0 Å². The molecule has 0 unspecified atom stereocenters. The van der Waals surface area contributed by atoms with Crippen molar-refractivity contribution < 1.29 is 9.15 Å². The first-order chi connectivity index (χ1) is 12.1. The van der Waals surface area contributed by atoms with Crippen molar-refractivity contribution in [3.8, 4) is 5.75 Å². The van der Waals surface area contributed by atoms with E-state index < -0.39 is 0 Å². The molecule has 3 nitrogen and oxygen atoms in total. The van der Waals surface area contributed by atoms with Crippen LogP contribution in [0.4, 0.5) is 0 Å². The molecule has 25 heavy (non-hydrogen) atoms. The van der Waals surface area contributed by atoms with Gasteiger partial charge in [-0.25, -0.2) is 4.79 Å². The molecule has 2 aromatic carbocycles. The van der Waals surface area contributed by atoms with Crippen LogP contribution in [0, 0.1) is 6.92 Å². The summed E-state index contributed by atoms with van der Waals surface area (Å²) in [5, 5.41) is 1.00. The zero-order valence-electron chi connectivity index (χ0n) is 15.0. The number of rotatable bonds is 6. The maximum absolute atomic E-state index is 12.0. The van der Waals surface area contributed by atoms with Gasteiger partial charge in [-0.05, 0) is 49.9 Å². The zero-order chi connectivity index (χ0) is 17.8. The average molecular weight is 336 g/mol. The second-order valence-electron chi connectivity index (χ2n) is 6.43. The van der Waals surface area contributed by atoms with Crippen LogP contribution in [0.2, 0.25) is 0 Å². The van der Waals surface area contributed by atoms with Gasteiger partial charge < -0.3 is 9.15 Å². The first-order valence-corrected chi connectivity index (χ1v) is 8.88. The lowest BCUT2D eigenvalue weighted by atomic mass is 10.0. The molecule has 0 aliphatic heterocycles. The van der Waals surface area contributed by atoms with Crippen LogP contribution in [0.1, 0.15) is 49.5 Å². The second-order valence-corrected chi connectivity index (χ2v) is 6.43. The fraction of sp³-hybridized carbons (Fsp3) is 0.318. The summed E-state index contributed by atoms with van der Waals surface area (Å²) < 4.78 is 11.6. The Balaban J connectivity index is 1.98. The Morgan fingerprint density at radius 2 is 1.88 bits per heavy atom. The highest BCUT2D eigenvalue weighted by Crippen LogP contribution is 2.31. The van der Waals surface area contributed by atoms with E-state index in [0.717, 1.165) is 47.1 Å². The zero-order valence-corrected chi connectivity index (χ0v) is 15.0. The molecule has 0 saturated carbocycles. The Hall–Kier alpha value is -2.55. The Labute approximate surface area is 148 Å². The molecule has 1 aromatic heterocycles. The van der Waals surface area contributed by atoms with Crippen molar-refractivity contribution in [1.82, 2.24) is 0 Å². The third kappa shape index (κ3) is 3.76. The fourth-order valence-corrected chi connectivity index (χ4v) is 3.09. The summed E-state index contributed by atoms with van der Waals surface area (Å²) in [5.41, 5.74) is 3.38. The highest BCUT2D eigenvalue weighted by atomic mass is 16.5. The third-order valence-corrected chi connectivity index (χ3v) is 4.57.